The SMILES string of the molecule is CCN(C)[C@@H](C)CCN1CCC(c2coc3ccccc23)CC1. The third kappa shape index (κ3) is 3.78. The van der Waals surface area contributed by atoms with Gasteiger partial charge in [-0.3, -0.25) is 0 Å². The molecule has 0 saturated carbocycles. The maximum absolute atomic E-state index is 5.73. The molecule has 3 heteroatoms. The van der Waals surface area contributed by atoms with Crippen LogP contribution in [0.4, 0.5) is 0 Å². The highest BCUT2D eigenvalue weighted by Gasteiger charge is 2.23. The summed E-state index contributed by atoms with van der Waals surface area (Å²) in [7, 11) is 2.22. The van der Waals surface area contributed by atoms with Gasteiger partial charge < -0.3 is 14.2 Å². The van der Waals surface area contributed by atoms with Gasteiger partial charge in [-0.2, -0.15) is 0 Å². The van der Waals surface area contributed by atoms with Crippen LogP contribution < -0.4 is 0 Å². The van der Waals surface area contributed by atoms with E-state index in [9.17, 15) is 0 Å². The minimum Gasteiger partial charge on any atom is -0.464 e. The Hall–Kier alpha value is -1.32. The summed E-state index contributed by atoms with van der Waals surface area (Å²) in [5.41, 5.74) is 2.45. The summed E-state index contributed by atoms with van der Waals surface area (Å²) in [4.78, 5) is 5.07. The van der Waals surface area contributed by atoms with Crippen LogP contribution in [0.3, 0.4) is 0 Å². The molecule has 1 aromatic carbocycles. The van der Waals surface area contributed by atoms with Crippen molar-refractivity contribution >= 4 is 11.0 Å². The first-order valence-corrected chi connectivity index (χ1v) is 9.07. The smallest absolute Gasteiger partial charge is 0.134 e. The average Bonchev–Trinajstić information content (AvgIpc) is 3.03. The fourth-order valence-electron chi connectivity index (χ4n) is 3.68. The average molecular weight is 314 g/mol. The van der Waals surface area contributed by atoms with Crippen LogP contribution in [0.25, 0.3) is 11.0 Å². The van der Waals surface area contributed by atoms with Crippen LogP contribution in [0, 0.1) is 0 Å². The lowest BCUT2D eigenvalue weighted by Gasteiger charge is -2.33. The highest BCUT2D eigenvalue weighted by atomic mass is 16.3. The van der Waals surface area contributed by atoms with Crippen LogP contribution in [-0.4, -0.2) is 49.1 Å². The largest absolute Gasteiger partial charge is 0.464 e. The molecule has 1 aromatic heterocycles. The number of para-hydroxylation sites is 1. The predicted molar refractivity (Wildman–Crippen MR) is 97.0 cm³/mol. The number of benzene rings is 1. The molecule has 0 spiro atoms. The monoisotopic (exact) mass is 314 g/mol. The molecule has 3 nitrogen and oxygen atoms in total. The van der Waals surface area contributed by atoms with Gasteiger partial charge in [0.15, 0.2) is 0 Å². The van der Waals surface area contributed by atoms with Gasteiger partial charge in [0.1, 0.15) is 5.58 Å². The van der Waals surface area contributed by atoms with E-state index in [1.807, 2.05) is 12.3 Å². The molecule has 0 unspecified atom stereocenters. The number of rotatable bonds is 6. The standard InChI is InChI=1S/C20H30N2O/c1-4-21(3)16(2)9-12-22-13-10-17(11-14-22)19-15-23-20-8-6-5-7-18(19)20/h5-8,15-17H,4,9-14H2,1-3H3/t16-/m0/s1. The molecule has 0 aliphatic carbocycles. The van der Waals surface area contributed by atoms with Gasteiger partial charge in [0.05, 0.1) is 6.26 Å². The minimum absolute atomic E-state index is 0.658. The van der Waals surface area contributed by atoms with Crippen molar-refractivity contribution in [1.29, 1.82) is 0 Å². The van der Waals surface area contributed by atoms with Gasteiger partial charge in [0.25, 0.3) is 0 Å². The molecule has 1 atom stereocenters. The van der Waals surface area contributed by atoms with Crippen molar-refractivity contribution in [2.24, 2.45) is 0 Å². The van der Waals surface area contributed by atoms with Crippen molar-refractivity contribution in [1.82, 2.24) is 9.80 Å². The molecule has 2 heterocycles. The molecular formula is C20H30N2O. The first-order valence-electron chi connectivity index (χ1n) is 9.07. The van der Waals surface area contributed by atoms with Crippen LogP contribution in [0.2, 0.25) is 0 Å². The highest BCUT2D eigenvalue weighted by molar-refractivity contribution is 5.81. The van der Waals surface area contributed by atoms with E-state index < -0.39 is 0 Å². The third-order valence-electron chi connectivity index (χ3n) is 5.65. The molecule has 0 amide bonds. The van der Waals surface area contributed by atoms with Crippen molar-refractivity contribution < 1.29 is 4.42 Å². The van der Waals surface area contributed by atoms with E-state index in [0.717, 1.165) is 12.1 Å². The lowest BCUT2D eigenvalue weighted by Crippen LogP contribution is -2.37. The van der Waals surface area contributed by atoms with Crippen LogP contribution >= 0.6 is 0 Å². The lowest BCUT2D eigenvalue weighted by molar-refractivity contribution is 0.178. The van der Waals surface area contributed by atoms with Crippen molar-refractivity contribution in [3.05, 3.63) is 36.1 Å². The zero-order valence-electron chi connectivity index (χ0n) is 14.8. The van der Waals surface area contributed by atoms with Crippen molar-refractivity contribution in [3.8, 4) is 0 Å². The van der Waals surface area contributed by atoms with Crippen molar-refractivity contribution in [2.75, 3.05) is 33.2 Å². The van der Waals surface area contributed by atoms with Crippen molar-refractivity contribution in [3.63, 3.8) is 0 Å². The molecule has 23 heavy (non-hydrogen) atoms. The van der Waals surface area contributed by atoms with Gasteiger partial charge in [-0.25, -0.2) is 0 Å². The van der Waals surface area contributed by atoms with E-state index in [1.54, 1.807) is 0 Å². The number of hydrogen-bond acceptors (Lipinski definition) is 3. The zero-order chi connectivity index (χ0) is 16.2. The number of piperidine rings is 1. The normalized spacial score (nSPS) is 18.8. The molecular weight excluding hydrogens is 284 g/mol. The Kier molecular flexibility index (Phi) is 5.39. The molecule has 1 aliphatic heterocycles. The number of fused-ring (bicyclic) bond motifs is 1. The fraction of sp³-hybridized carbons (Fsp3) is 0.600. The van der Waals surface area contributed by atoms with E-state index in [4.69, 9.17) is 4.42 Å². The maximum atomic E-state index is 5.73. The van der Waals surface area contributed by atoms with E-state index in [-0.39, 0.29) is 0 Å². The zero-order valence-corrected chi connectivity index (χ0v) is 14.8. The van der Waals surface area contributed by atoms with E-state index >= 15 is 0 Å². The number of furan rings is 1. The Bertz CT molecular complexity index is 613. The van der Waals surface area contributed by atoms with Crippen LogP contribution in [0.1, 0.15) is 44.6 Å². The lowest BCUT2D eigenvalue weighted by atomic mass is 9.89. The molecule has 3 rings (SSSR count). The van der Waals surface area contributed by atoms with Crippen molar-refractivity contribution in [2.45, 2.75) is 45.1 Å². The molecule has 0 N–H and O–H groups in total. The second kappa shape index (κ2) is 7.50. The topological polar surface area (TPSA) is 19.6 Å². The van der Waals surface area contributed by atoms with E-state index in [1.165, 1.54) is 49.8 Å². The number of nitrogens with zero attached hydrogens (tertiary/aromatic N) is 2. The first kappa shape index (κ1) is 16.5. The Labute approximate surface area is 140 Å². The Morgan fingerprint density at radius 3 is 2.74 bits per heavy atom. The van der Waals surface area contributed by atoms with Gasteiger partial charge in [-0.05, 0) is 71.4 Å². The molecule has 2 aromatic rings. The fourth-order valence-corrected chi connectivity index (χ4v) is 3.68. The Balaban J connectivity index is 1.52. The van der Waals surface area contributed by atoms with Gasteiger partial charge >= 0.3 is 0 Å². The molecule has 1 aliphatic rings. The summed E-state index contributed by atoms with van der Waals surface area (Å²) < 4.78 is 5.73. The summed E-state index contributed by atoms with van der Waals surface area (Å²) >= 11 is 0. The van der Waals surface area contributed by atoms with E-state index in [2.05, 4.69) is 48.9 Å². The highest BCUT2D eigenvalue weighted by Crippen LogP contribution is 2.34. The molecule has 0 bridgehead atoms. The summed E-state index contributed by atoms with van der Waals surface area (Å²) in [5.74, 6) is 0.658. The van der Waals surface area contributed by atoms with Gasteiger partial charge in [0, 0.05) is 17.0 Å². The van der Waals surface area contributed by atoms with E-state index in [0.29, 0.717) is 12.0 Å². The van der Waals surface area contributed by atoms with Gasteiger partial charge in [0.2, 0.25) is 0 Å². The summed E-state index contributed by atoms with van der Waals surface area (Å²) in [6.45, 7) is 9.37. The van der Waals surface area contributed by atoms with Crippen LogP contribution in [0.15, 0.2) is 34.9 Å². The number of likely N-dealkylation sites (tertiary alicyclic amines) is 1. The summed E-state index contributed by atoms with van der Waals surface area (Å²) in [6, 6.07) is 9.10. The predicted octanol–water partition coefficient (Wildman–Crippen LogP) is 4.34. The molecule has 0 radical (unpaired) electrons. The molecule has 1 fully saturated rings. The quantitative estimate of drug-likeness (QED) is 0.790. The van der Waals surface area contributed by atoms with Crippen LogP contribution in [0.5, 0.6) is 0 Å². The second-order valence-corrected chi connectivity index (χ2v) is 7.01. The summed E-state index contributed by atoms with van der Waals surface area (Å²) in [6.07, 6.45) is 5.76. The molecule has 1 saturated heterocycles. The van der Waals surface area contributed by atoms with Gasteiger partial charge in [-0.15, -0.1) is 0 Å². The minimum atomic E-state index is 0.658. The maximum Gasteiger partial charge on any atom is 0.134 e. The molecule has 126 valence electrons. The number of hydrogen-bond donors (Lipinski definition) is 0. The van der Waals surface area contributed by atoms with Gasteiger partial charge in [-0.1, -0.05) is 25.1 Å². The summed E-state index contributed by atoms with van der Waals surface area (Å²) in [5, 5.41) is 1.31. The Morgan fingerprint density at radius 2 is 2.00 bits per heavy atom. The second-order valence-electron chi connectivity index (χ2n) is 7.01. The first-order chi connectivity index (χ1) is 11.2. The third-order valence-corrected chi connectivity index (χ3v) is 5.65. The van der Waals surface area contributed by atoms with Crippen LogP contribution in [-0.2, 0) is 0 Å². The Morgan fingerprint density at radius 1 is 1.26 bits per heavy atom.